The molecule has 92 valence electrons. The van der Waals surface area contributed by atoms with E-state index >= 15 is 0 Å². The van der Waals surface area contributed by atoms with E-state index in [1.165, 1.54) is 0 Å². The number of nitrogens with zero attached hydrogens (tertiary/aromatic N) is 2. The van der Waals surface area contributed by atoms with Crippen LogP contribution in [0.2, 0.25) is 5.15 Å². The fourth-order valence-corrected chi connectivity index (χ4v) is 2.48. The van der Waals surface area contributed by atoms with E-state index < -0.39 is 0 Å². The van der Waals surface area contributed by atoms with Crippen LogP contribution in [0.25, 0.3) is 0 Å². The highest BCUT2D eigenvalue weighted by atomic mass is 35.5. The Labute approximate surface area is 106 Å². The van der Waals surface area contributed by atoms with Gasteiger partial charge in [0.1, 0.15) is 5.15 Å². The van der Waals surface area contributed by atoms with Gasteiger partial charge in [0.25, 0.3) is 0 Å². The second-order valence-corrected chi connectivity index (χ2v) is 6.19. The Hall–Kier alpha value is -0.190. The summed E-state index contributed by atoms with van der Waals surface area (Å²) < 4.78 is 1.65. The number of hydrogen-bond acceptors (Lipinski definition) is 3. The first-order valence-corrected chi connectivity index (χ1v) is 6.82. The molecule has 0 radical (unpaired) electrons. The van der Waals surface area contributed by atoms with Crippen molar-refractivity contribution < 1.29 is 5.11 Å². The van der Waals surface area contributed by atoms with Gasteiger partial charge in [-0.25, -0.2) is 0 Å². The van der Waals surface area contributed by atoms with E-state index in [2.05, 4.69) is 18.9 Å². The molecular weight excluding hydrogens is 244 g/mol. The summed E-state index contributed by atoms with van der Waals surface area (Å²) in [6.07, 6.45) is 0.228. The summed E-state index contributed by atoms with van der Waals surface area (Å²) in [6.45, 7) is 6.17. The van der Waals surface area contributed by atoms with Crippen LogP contribution in [0.5, 0.6) is 0 Å². The van der Waals surface area contributed by atoms with Crippen LogP contribution >= 0.6 is 23.4 Å². The van der Waals surface area contributed by atoms with Crippen molar-refractivity contribution in [3.63, 3.8) is 0 Å². The Morgan fingerprint density at radius 3 is 2.56 bits per heavy atom. The summed E-state index contributed by atoms with van der Waals surface area (Å²) in [6, 6.07) is 0. The number of aryl methyl sites for hydroxylation is 2. The summed E-state index contributed by atoms with van der Waals surface area (Å²) in [5.74, 6) is 0.738. The molecule has 0 bridgehead atoms. The molecule has 16 heavy (non-hydrogen) atoms. The van der Waals surface area contributed by atoms with Gasteiger partial charge in [-0.2, -0.15) is 16.9 Å². The highest BCUT2D eigenvalue weighted by Crippen LogP contribution is 2.21. The Kier molecular flexibility index (Phi) is 5.15. The lowest BCUT2D eigenvalue weighted by atomic mass is 10.1. The van der Waals surface area contributed by atoms with Gasteiger partial charge < -0.3 is 5.11 Å². The van der Waals surface area contributed by atoms with E-state index in [9.17, 15) is 5.11 Å². The lowest BCUT2D eigenvalue weighted by Crippen LogP contribution is -2.15. The summed E-state index contributed by atoms with van der Waals surface area (Å²) >= 11 is 7.86. The Bertz CT molecular complexity index is 352. The van der Waals surface area contributed by atoms with Gasteiger partial charge >= 0.3 is 0 Å². The number of aliphatic hydroxyl groups excluding tert-OH is 1. The maximum Gasteiger partial charge on any atom is 0.130 e. The number of aliphatic hydroxyl groups is 1. The number of hydrogen-bond donors (Lipinski definition) is 1. The molecule has 0 saturated heterocycles. The van der Waals surface area contributed by atoms with E-state index in [0.29, 0.717) is 16.8 Å². The van der Waals surface area contributed by atoms with Crippen molar-refractivity contribution in [2.75, 3.05) is 5.75 Å². The van der Waals surface area contributed by atoms with Gasteiger partial charge in [0.2, 0.25) is 0 Å². The fourth-order valence-electron chi connectivity index (χ4n) is 1.50. The molecule has 0 fully saturated rings. The monoisotopic (exact) mass is 262 g/mol. The van der Waals surface area contributed by atoms with Crippen molar-refractivity contribution in [3.05, 3.63) is 16.4 Å². The van der Waals surface area contributed by atoms with Gasteiger partial charge in [0.05, 0.1) is 11.8 Å². The van der Waals surface area contributed by atoms with E-state index in [1.54, 1.807) is 16.4 Å². The Balaban J connectivity index is 2.59. The molecule has 0 amide bonds. The first-order chi connectivity index (χ1) is 7.41. The summed E-state index contributed by atoms with van der Waals surface area (Å²) in [4.78, 5) is 0. The third-order valence-corrected chi connectivity index (χ3v) is 4.05. The SMILES string of the molecule is Cc1nn(C)c(Cl)c1CC(O)CSC(C)C. The lowest BCUT2D eigenvalue weighted by molar-refractivity contribution is 0.200. The van der Waals surface area contributed by atoms with E-state index in [4.69, 9.17) is 11.6 Å². The van der Waals surface area contributed by atoms with E-state index in [0.717, 1.165) is 17.0 Å². The van der Waals surface area contributed by atoms with Crippen molar-refractivity contribution in [2.45, 2.75) is 38.5 Å². The zero-order valence-electron chi connectivity index (χ0n) is 10.2. The summed E-state index contributed by atoms with van der Waals surface area (Å²) in [5.41, 5.74) is 1.86. The fraction of sp³-hybridized carbons (Fsp3) is 0.727. The largest absolute Gasteiger partial charge is 0.392 e. The number of aromatic nitrogens is 2. The number of rotatable bonds is 5. The van der Waals surface area contributed by atoms with Crippen LogP contribution in [0.15, 0.2) is 0 Å². The van der Waals surface area contributed by atoms with Gasteiger partial charge in [0, 0.05) is 24.8 Å². The van der Waals surface area contributed by atoms with Crippen LogP contribution in [0.3, 0.4) is 0 Å². The predicted molar refractivity (Wildman–Crippen MR) is 70.3 cm³/mol. The molecule has 1 rings (SSSR count). The molecule has 0 aromatic carbocycles. The first-order valence-electron chi connectivity index (χ1n) is 5.39. The predicted octanol–water partition coefficient (Wildman–Crippen LogP) is 2.43. The highest BCUT2D eigenvalue weighted by Gasteiger charge is 2.15. The molecule has 1 heterocycles. The Morgan fingerprint density at radius 1 is 1.50 bits per heavy atom. The molecule has 1 atom stereocenters. The number of halogens is 1. The van der Waals surface area contributed by atoms with Crippen molar-refractivity contribution in [1.29, 1.82) is 0 Å². The van der Waals surface area contributed by atoms with Gasteiger partial charge in [-0.05, 0) is 12.2 Å². The van der Waals surface area contributed by atoms with Crippen LogP contribution in [0.1, 0.15) is 25.1 Å². The standard InChI is InChI=1S/C11H19ClN2OS/c1-7(2)16-6-9(15)5-10-8(3)13-14(4)11(10)12/h7,9,15H,5-6H2,1-4H3. The average molecular weight is 263 g/mol. The van der Waals surface area contributed by atoms with Crippen LogP contribution in [0.4, 0.5) is 0 Å². The molecule has 1 N–H and O–H groups in total. The van der Waals surface area contributed by atoms with Crippen LogP contribution < -0.4 is 0 Å². The third kappa shape index (κ3) is 3.68. The maximum atomic E-state index is 9.89. The smallest absolute Gasteiger partial charge is 0.130 e. The minimum atomic E-state index is -0.354. The minimum Gasteiger partial charge on any atom is -0.392 e. The molecule has 0 aliphatic heterocycles. The topological polar surface area (TPSA) is 38.0 Å². The van der Waals surface area contributed by atoms with Gasteiger partial charge in [-0.15, -0.1) is 0 Å². The minimum absolute atomic E-state index is 0.354. The first kappa shape index (κ1) is 13.9. The summed E-state index contributed by atoms with van der Waals surface area (Å²) in [7, 11) is 1.81. The zero-order chi connectivity index (χ0) is 12.3. The summed E-state index contributed by atoms with van der Waals surface area (Å²) in [5, 5.41) is 15.3. The van der Waals surface area contributed by atoms with Crippen LogP contribution in [-0.2, 0) is 13.5 Å². The molecule has 1 aromatic heterocycles. The lowest BCUT2D eigenvalue weighted by Gasteiger charge is -2.11. The number of thioether (sulfide) groups is 1. The zero-order valence-corrected chi connectivity index (χ0v) is 11.8. The second-order valence-electron chi connectivity index (χ2n) is 4.22. The van der Waals surface area contributed by atoms with E-state index in [1.807, 2.05) is 14.0 Å². The van der Waals surface area contributed by atoms with Gasteiger partial charge in [-0.1, -0.05) is 25.4 Å². The van der Waals surface area contributed by atoms with Gasteiger partial charge in [-0.3, -0.25) is 4.68 Å². The normalized spacial score (nSPS) is 13.4. The van der Waals surface area contributed by atoms with Crippen molar-refractivity contribution in [2.24, 2.45) is 7.05 Å². The average Bonchev–Trinajstić information content (AvgIpc) is 2.42. The van der Waals surface area contributed by atoms with Gasteiger partial charge in [0.15, 0.2) is 0 Å². The van der Waals surface area contributed by atoms with Crippen molar-refractivity contribution in [1.82, 2.24) is 9.78 Å². The Morgan fingerprint density at radius 2 is 2.12 bits per heavy atom. The maximum absolute atomic E-state index is 9.89. The molecule has 0 spiro atoms. The molecule has 0 saturated carbocycles. The molecule has 0 aliphatic rings. The molecule has 1 unspecified atom stereocenters. The molecular formula is C11H19ClN2OS. The van der Waals surface area contributed by atoms with E-state index in [-0.39, 0.29) is 6.10 Å². The molecule has 5 heteroatoms. The second kappa shape index (κ2) is 5.94. The van der Waals surface area contributed by atoms with Crippen LogP contribution in [-0.4, -0.2) is 32.0 Å². The molecule has 0 aliphatic carbocycles. The van der Waals surface area contributed by atoms with Crippen LogP contribution in [0, 0.1) is 6.92 Å². The van der Waals surface area contributed by atoms with Crippen molar-refractivity contribution in [3.8, 4) is 0 Å². The quantitative estimate of drug-likeness (QED) is 0.886. The molecule has 3 nitrogen and oxygen atoms in total. The van der Waals surface area contributed by atoms with Crippen molar-refractivity contribution >= 4 is 23.4 Å². The third-order valence-electron chi connectivity index (χ3n) is 2.33. The highest BCUT2D eigenvalue weighted by molar-refractivity contribution is 7.99. The molecule has 1 aromatic rings.